The number of amides is 1. The molecule has 22 heavy (non-hydrogen) atoms. The van der Waals surface area contributed by atoms with E-state index >= 15 is 0 Å². The average molecular weight is 322 g/mol. The number of carbonyl (C=O) groups is 1. The number of sulfonamides is 1. The van der Waals surface area contributed by atoms with Crippen LogP contribution >= 0.6 is 0 Å². The molecule has 0 aliphatic carbocycles. The first-order valence-corrected chi connectivity index (χ1v) is 9.44. The summed E-state index contributed by atoms with van der Waals surface area (Å²) < 4.78 is 27.0. The quantitative estimate of drug-likeness (QED) is 0.858. The number of rotatable bonds is 3. The largest absolute Gasteiger partial charge is 0.312 e. The normalized spacial score (nSPS) is 21.1. The van der Waals surface area contributed by atoms with Crippen LogP contribution in [0, 0.1) is 0 Å². The fourth-order valence-electron chi connectivity index (χ4n) is 3.15. The van der Waals surface area contributed by atoms with Crippen molar-refractivity contribution in [2.45, 2.75) is 43.4 Å². The van der Waals surface area contributed by atoms with Gasteiger partial charge >= 0.3 is 0 Å². The maximum atomic E-state index is 12.7. The molecule has 0 bridgehead atoms. The Morgan fingerprint density at radius 1 is 0.818 bits per heavy atom. The van der Waals surface area contributed by atoms with Crippen molar-refractivity contribution in [2.24, 2.45) is 0 Å². The second-order valence-corrected chi connectivity index (χ2v) is 7.90. The molecule has 3 rings (SSSR count). The number of nitrogens with zero attached hydrogens (tertiary/aromatic N) is 2. The molecule has 0 unspecified atom stereocenters. The zero-order chi connectivity index (χ0) is 15.6. The highest BCUT2D eigenvalue weighted by atomic mass is 32.2. The standard InChI is InChI=1S/C16H22N2O3S/c19-16-6-5-13-18(16)14-7-9-15(10-8-14)22(20,21)17-11-3-1-2-4-12-17/h7-10H,1-6,11-13H2. The van der Waals surface area contributed by atoms with Crippen molar-refractivity contribution >= 4 is 21.6 Å². The highest BCUT2D eigenvalue weighted by molar-refractivity contribution is 7.89. The molecule has 0 spiro atoms. The Morgan fingerprint density at radius 2 is 1.45 bits per heavy atom. The van der Waals surface area contributed by atoms with Gasteiger partial charge < -0.3 is 4.90 Å². The van der Waals surface area contributed by atoms with Gasteiger partial charge in [0.1, 0.15) is 0 Å². The molecule has 1 amide bonds. The molecule has 2 aliphatic rings. The van der Waals surface area contributed by atoms with E-state index in [2.05, 4.69) is 0 Å². The smallest absolute Gasteiger partial charge is 0.243 e. The van der Waals surface area contributed by atoms with Gasteiger partial charge in [-0.15, -0.1) is 0 Å². The van der Waals surface area contributed by atoms with Gasteiger partial charge in [-0.3, -0.25) is 4.79 Å². The minimum absolute atomic E-state index is 0.114. The molecule has 0 atom stereocenters. The maximum absolute atomic E-state index is 12.7. The topological polar surface area (TPSA) is 57.7 Å². The molecule has 2 saturated heterocycles. The van der Waals surface area contributed by atoms with Crippen molar-refractivity contribution in [3.8, 4) is 0 Å². The van der Waals surface area contributed by atoms with Crippen molar-refractivity contribution < 1.29 is 13.2 Å². The third-order valence-electron chi connectivity index (χ3n) is 4.42. The first-order chi connectivity index (χ1) is 10.6. The molecule has 0 N–H and O–H groups in total. The van der Waals surface area contributed by atoms with Crippen molar-refractivity contribution in [2.75, 3.05) is 24.5 Å². The lowest BCUT2D eigenvalue weighted by Crippen LogP contribution is -2.32. The van der Waals surface area contributed by atoms with Gasteiger partial charge in [0.15, 0.2) is 0 Å². The van der Waals surface area contributed by atoms with Crippen LogP contribution in [0.25, 0.3) is 0 Å². The van der Waals surface area contributed by atoms with Crippen LogP contribution < -0.4 is 4.90 Å². The van der Waals surface area contributed by atoms with E-state index in [0.717, 1.165) is 44.3 Å². The number of carbonyl (C=O) groups excluding carboxylic acids is 1. The summed E-state index contributed by atoms with van der Waals surface area (Å²) in [4.78, 5) is 13.8. The molecule has 5 nitrogen and oxygen atoms in total. The van der Waals surface area contributed by atoms with Crippen molar-refractivity contribution in [1.82, 2.24) is 4.31 Å². The summed E-state index contributed by atoms with van der Waals surface area (Å²) >= 11 is 0. The minimum Gasteiger partial charge on any atom is -0.312 e. The number of anilines is 1. The van der Waals surface area contributed by atoms with Crippen molar-refractivity contribution in [1.29, 1.82) is 0 Å². The monoisotopic (exact) mass is 322 g/mol. The number of benzene rings is 1. The SMILES string of the molecule is O=C1CCCN1c1ccc(S(=O)(=O)N2CCCCCC2)cc1. The molecule has 0 aromatic heterocycles. The predicted molar refractivity (Wildman–Crippen MR) is 85.3 cm³/mol. The van der Waals surface area contributed by atoms with E-state index in [0.29, 0.717) is 24.4 Å². The highest BCUT2D eigenvalue weighted by Crippen LogP contribution is 2.25. The Hall–Kier alpha value is -1.40. The summed E-state index contributed by atoms with van der Waals surface area (Å²) in [6.45, 7) is 1.93. The molecule has 0 saturated carbocycles. The number of hydrogen-bond donors (Lipinski definition) is 0. The second kappa shape index (κ2) is 6.38. The molecule has 2 fully saturated rings. The Balaban J connectivity index is 1.80. The Kier molecular flexibility index (Phi) is 4.49. The minimum atomic E-state index is -3.41. The summed E-state index contributed by atoms with van der Waals surface area (Å²) in [5.74, 6) is 0.114. The van der Waals surface area contributed by atoms with Crippen LogP contribution in [0.2, 0.25) is 0 Å². The van der Waals surface area contributed by atoms with Crippen LogP contribution in [-0.4, -0.2) is 38.3 Å². The summed E-state index contributed by atoms with van der Waals surface area (Å²) in [5, 5.41) is 0. The third kappa shape index (κ3) is 3.03. The summed E-state index contributed by atoms with van der Waals surface area (Å²) in [6.07, 6.45) is 5.50. The molecule has 2 aliphatic heterocycles. The third-order valence-corrected chi connectivity index (χ3v) is 6.34. The van der Waals surface area contributed by atoms with Crippen LogP contribution in [-0.2, 0) is 14.8 Å². The Bertz CT molecular complexity index is 632. The van der Waals surface area contributed by atoms with Gasteiger partial charge in [-0.05, 0) is 43.5 Å². The summed E-state index contributed by atoms with van der Waals surface area (Å²) in [5.41, 5.74) is 0.789. The van der Waals surface area contributed by atoms with Gasteiger partial charge in [0.2, 0.25) is 15.9 Å². The van der Waals surface area contributed by atoms with Crippen LogP contribution in [0.1, 0.15) is 38.5 Å². The maximum Gasteiger partial charge on any atom is 0.243 e. The lowest BCUT2D eigenvalue weighted by atomic mass is 10.2. The molecular formula is C16H22N2O3S. The van der Waals surface area contributed by atoms with E-state index in [1.165, 1.54) is 0 Å². The first-order valence-electron chi connectivity index (χ1n) is 7.99. The summed E-state index contributed by atoms with van der Waals surface area (Å²) in [6, 6.07) is 6.74. The van der Waals surface area contributed by atoms with Crippen LogP contribution in [0.5, 0.6) is 0 Å². The lowest BCUT2D eigenvalue weighted by Gasteiger charge is -2.21. The number of hydrogen-bond acceptors (Lipinski definition) is 3. The predicted octanol–water partition coefficient (Wildman–Crippen LogP) is 2.38. The van der Waals surface area contributed by atoms with Crippen molar-refractivity contribution in [3.63, 3.8) is 0 Å². The van der Waals surface area contributed by atoms with Gasteiger partial charge in [-0.1, -0.05) is 12.8 Å². The first kappa shape index (κ1) is 15.5. The molecule has 2 heterocycles. The van der Waals surface area contributed by atoms with Crippen molar-refractivity contribution in [3.05, 3.63) is 24.3 Å². The molecule has 6 heteroatoms. The molecule has 1 aromatic rings. The zero-order valence-electron chi connectivity index (χ0n) is 12.7. The lowest BCUT2D eigenvalue weighted by molar-refractivity contribution is -0.117. The van der Waals surface area contributed by atoms with Crippen LogP contribution in [0.4, 0.5) is 5.69 Å². The van der Waals surface area contributed by atoms with E-state index in [-0.39, 0.29) is 5.91 Å². The molecule has 1 aromatic carbocycles. The van der Waals surface area contributed by atoms with Gasteiger partial charge in [-0.25, -0.2) is 8.42 Å². The van der Waals surface area contributed by atoms with E-state index in [1.54, 1.807) is 33.5 Å². The van der Waals surface area contributed by atoms with E-state index in [4.69, 9.17) is 0 Å². The van der Waals surface area contributed by atoms with E-state index in [9.17, 15) is 13.2 Å². The van der Waals surface area contributed by atoms with Gasteiger partial charge in [0.05, 0.1) is 4.90 Å². The zero-order valence-corrected chi connectivity index (χ0v) is 13.5. The second-order valence-electron chi connectivity index (χ2n) is 5.96. The van der Waals surface area contributed by atoms with E-state index in [1.807, 2.05) is 0 Å². The Labute approximate surface area is 132 Å². The van der Waals surface area contributed by atoms with Crippen LogP contribution in [0.3, 0.4) is 0 Å². The fraction of sp³-hybridized carbons (Fsp3) is 0.562. The molecule has 120 valence electrons. The van der Waals surface area contributed by atoms with E-state index < -0.39 is 10.0 Å². The molecule has 0 radical (unpaired) electrons. The Morgan fingerprint density at radius 3 is 2.00 bits per heavy atom. The van der Waals surface area contributed by atoms with Gasteiger partial charge in [0.25, 0.3) is 0 Å². The van der Waals surface area contributed by atoms with Gasteiger partial charge in [0, 0.05) is 31.7 Å². The fourth-order valence-corrected chi connectivity index (χ4v) is 4.67. The van der Waals surface area contributed by atoms with Gasteiger partial charge in [-0.2, -0.15) is 4.31 Å². The summed E-state index contributed by atoms with van der Waals surface area (Å²) in [7, 11) is -3.41. The molecular weight excluding hydrogens is 300 g/mol. The van der Waals surface area contributed by atoms with Crippen LogP contribution in [0.15, 0.2) is 29.2 Å². The average Bonchev–Trinajstić information content (AvgIpc) is 2.78. The highest BCUT2D eigenvalue weighted by Gasteiger charge is 2.26.